The molecule has 10 N–H and O–H groups in total. The summed E-state index contributed by atoms with van der Waals surface area (Å²) in [7, 11) is 0. The Bertz CT molecular complexity index is 1860. The summed E-state index contributed by atoms with van der Waals surface area (Å²) in [6, 6.07) is 0. The molecule has 5 aliphatic carbocycles. The van der Waals surface area contributed by atoms with Crippen molar-refractivity contribution in [1.82, 2.24) is 0 Å². The van der Waals surface area contributed by atoms with Crippen LogP contribution in [0.5, 0.6) is 0 Å². The molecule has 18 nitrogen and oxygen atoms in total. The number of aliphatic hydroxyl groups is 8. The summed E-state index contributed by atoms with van der Waals surface area (Å²) in [5.41, 5.74) is -0.458. The summed E-state index contributed by atoms with van der Waals surface area (Å²) in [6.07, 6.45) is -16.4. The van der Waals surface area contributed by atoms with E-state index in [4.69, 9.17) is 28.4 Å². The molecule has 18 heteroatoms. The van der Waals surface area contributed by atoms with Crippen LogP contribution in [0, 0.1) is 50.2 Å². The Kier molecular flexibility index (Phi) is 13.4. The van der Waals surface area contributed by atoms with E-state index in [1.54, 1.807) is 0 Å². The summed E-state index contributed by atoms with van der Waals surface area (Å²) >= 11 is 0. The van der Waals surface area contributed by atoms with Crippen molar-refractivity contribution in [2.75, 3.05) is 6.61 Å². The molecule has 376 valence electrons. The molecule has 0 unspecified atom stereocenters. The lowest BCUT2D eigenvalue weighted by Crippen LogP contribution is -2.68. The van der Waals surface area contributed by atoms with E-state index in [-0.39, 0.29) is 39.4 Å². The molecule has 0 bridgehead atoms. The topological polar surface area (TPSA) is 292 Å². The highest BCUT2D eigenvalue weighted by molar-refractivity contribution is 5.76. The van der Waals surface area contributed by atoms with Crippen molar-refractivity contribution in [2.24, 2.45) is 50.2 Å². The molecule has 0 amide bonds. The maximum atomic E-state index is 13.2. The fourth-order valence-electron chi connectivity index (χ4n) is 15.1. The van der Waals surface area contributed by atoms with Gasteiger partial charge >= 0.3 is 11.9 Å². The minimum absolute atomic E-state index is 0.0201. The van der Waals surface area contributed by atoms with Gasteiger partial charge in [-0.1, -0.05) is 60.1 Å². The van der Waals surface area contributed by atoms with Crippen LogP contribution in [0.1, 0.15) is 120 Å². The molecule has 7 fully saturated rings. The average Bonchev–Trinajstić information content (AvgIpc) is 3.24. The molecule has 23 atom stereocenters. The Morgan fingerprint density at radius 2 is 1.29 bits per heavy atom. The SMILES string of the molecule is C[C@@H]1O[C@@H](O[C@@H]2[C@H](O)[C@@H](O[C@H]3O[C@H](CO)[C@H](O)[C@H](O)[C@H]3O)[C@@H](O[C@@H]3CC[C@@]4(C)[C@H]5CC=C6[C@H]7CC(C)(C)CC[C@]7(C(=O)O)CC[C@]6(C)[C@@]5(C)CC[C@H]4C3(C)C)O[C@@H]2C(=O)O)[C@@H](O)[C@H](O)[C@@H]1O. The van der Waals surface area contributed by atoms with E-state index in [9.17, 15) is 60.7 Å². The lowest BCUT2D eigenvalue weighted by atomic mass is 9.33. The fourth-order valence-corrected chi connectivity index (χ4v) is 15.1. The van der Waals surface area contributed by atoms with E-state index < -0.39 is 128 Å². The molecule has 0 aromatic rings. The number of rotatable bonds is 9. The largest absolute Gasteiger partial charge is 0.481 e. The third-order valence-electron chi connectivity index (χ3n) is 19.3. The molecule has 66 heavy (non-hydrogen) atoms. The van der Waals surface area contributed by atoms with Gasteiger partial charge in [0.25, 0.3) is 0 Å². The molecule has 0 radical (unpaired) electrons. The predicted octanol–water partition coefficient (Wildman–Crippen LogP) is 1.83. The van der Waals surface area contributed by atoms with Crippen molar-refractivity contribution in [2.45, 2.75) is 218 Å². The Morgan fingerprint density at radius 3 is 1.92 bits per heavy atom. The zero-order valence-electron chi connectivity index (χ0n) is 39.6. The molecule has 3 heterocycles. The number of allylic oxidation sites excluding steroid dienone is 2. The van der Waals surface area contributed by atoms with Gasteiger partial charge in [-0.05, 0) is 116 Å². The number of carboxylic acid groups (broad SMARTS) is 2. The minimum atomic E-state index is -1.99. The van der Waals surface area contributed by atoms with Gasteiger partial charge in [0.2, 0.25) is 0 Å². The molecule has 0 aromatic carbocycles. The van der Waals surface area contributed by atoms with Crippen LogP contribution in [-0.4, -0.2) is 168 Å². The zero-order valence-corrected chi connectivity index (χ0v) is 39.6. The Hall–Kier alpha value is -1.88. The maximum absolute atomic E-state index is 13.2. The summed E-state index contributed by atoms with van der Waals surface area (Å²) in [6.45, 7) is 16.6. The van der Waals surface area contributed by atoms with Crippen molar-refractivity contribution < 1.29 is 89.1 Å². The molecular weight excluding hydrogens is 865 g/mol. The standard InChI is InChI=1S/C48H76O18/c1-21-28(50)30(52)32(54)39(61-21)64-35-34(56)36(65-40-33(55)31(53)29(51)24(20-49)62-40)41(66-37(35)38(57)58)63-27-12-13-45(6)25(44(27,4)5)11-14-47(8)26(45)10-9-22-23-19-43(2,3)15-17-48(23,42(59)60)18-16-46(22,47)7/h9,21,23-37,39-41,49-56H,10-20H2,1-8H3,(H,57,58)(H,59,60)/t21-,23+,24+,25-,26+,27+,28+,29-,30+,31-,32-,33+,34-,35+,36+,37-,39-,40+,41-,45+,46-,47-,48-/m0/s1. The molecule has 0 spiro atoms. The smallest absolute Gasteiger partial charge is 0.335 e. The van der Waals surface area contributed by atoms with Gasteiger partial charge in [0.1, 0.15) is 61.0 Å². The number of carboxylic acids is 2. The first-order valence-corrected chi connectivity index (χ1v) is 24.2. The first-order valence-electron chi connectivity index (χ1n) is 24.2. The van der Waals surface area contributed by atoms with Gasteiger partial charge in [0, 0.05) is 0 Å². The number of hydrogen-bond acceptors (Lipinski definition) is 16. The second kappa shape index (κ2) is 17.5. The molecule has 3 aliphatic heterocycles. The summed E-state index contributed by atoms with van der Waals surface area (Å²) < 4.78 is 36.2. The van der Waals surface area contributed by atoms with E-state index in [1.165, 1.54) is 12.5 Å². The van der Waals surface area contributed by atoms with E-state index in [0.29, 0.717) is 19.3 Å². The molecule has 4 saturated carbocycles. The third-order valence-corrected chi connectivity index (χ3v) is 19.3. The summed E-state index contributed by atoms with van der Waals surface area (Å²) in [5.74, 6) is -1.93. The highest BCUT2D eigenvalue weighted by Gasteiger charge is 2.70. The van der Waals surface area contributed by atoms with Crippen LogP contribution in [0.4, 0.5) is 0 Å². The number of carbonyl (C=O) groups is 2. The van der Waals surface area contributed by atoms with Gasteiger partial charge in [0.05, 0.1) is 24.2 Å². The fraction of sp³-hybridized carbons (Fsp3) is 0.917. The van der Waals surface area contributed by atoms with E-state index in [0.717, 1.165) is 44.9 Å². The van der Waals surface area contributed by atoms with Crippen molar-refractivity contribution in [1.29, 1.82) is 0 Å². The second-order valence-corrected chi connectivity index (χ2v) is 23.5. The van der Waals surface area contributed by atoms with Crippen molar-refractivity contribution in [3.8, 4) is 0 Å². The summed E-state index contributed by atoms with van der Waals surface area (Å²) in [4.78, 5) is 26.1. The molecule has 8 rings (SSSR count). The maximum Gasteiger partial charge on any atom is 0.335 e. The first-order chi connectivity index (χ1) is 30.7. The van der Waals surface area contributed by atoms with Gasteiger partial charge in [-0.2, -0.15) is 0 Å². The molecular formula is C48H76O18. The molecule has 8 aliphatic rings. The van der Waals surface area contributed by atoms with Crippen LogP contribution in [0.3, 0.4) is 0 Å². The second-order valence-electron chi connectivity index (χ2n) is 23.5. The quantitative estimate of drug-likeness (QED) is 0.117. The van der Waals surface area contributed by atoms with Crippen LogP contribution in [-0.2, 0) is 38.0 Å². The average molecular weight is 941 g/mol. The number of ether oxygens (including phenoxy) is 6. The number of hydrogen-bond donors (Lipinski definition) is 10. The highest BCUT2D eigenvalue weighted by Crippen LogP contribution is 2.76. The van der Waals surface area contributed by atoms with E-state index in [1.807, 2.05) is 0 Å². The zero-order chi connectivity index (χ0) is 48.4. The van der Waals surface area contributed by atoms with Crippen LogP contribution in [0.15, 0.2) is 11.6 Å². The lowest BCUT2D eigenvalue weighted by molar-refractivity contribution is -0.390. The number of aliphatic carboxylic acids is 2. The van der Waals surface area contributed by atoms with Crippen molar-refractivity contribution in [3.63, 3.8) is 0 Å². The lowest BCUT2D eigenvalue weighted by Gasteiger charge is -2.71. The third kappa shape index (κ3) is 7.74. The van der Waals surface area contributed by atoms with Crippen molar-refractivity contribution in [3.05, 3.63) is 11.6 Å². The Labute approximate surface area is 386 Å². The van der Waals surface area contributed by atoms with Gasteiger partial charge in [0.15, 0.2) is 25.0 Å². The van der Waals surface area contributed by atoms with Gasteiger partial charge in [-0.15, -0.1) is 0 Å². The van der Waals surface area contributed by atoms with Crippen LogP contribution >= 0.6 is 0 Å². The molecule has 3 saturated heterocycles. The number of fused-ring (bicyclic) bond motifs is 7. The molecule has 0 aromatic heterocycles. The van der Waals surface area contributed by atoms with E-state index in [2.05, 4.69) is 54.5 Å². The van der Waals surface area contributed by atoms with E-state index >= 15 is 0 Å². The first kappa shape index (κ1) is 50.5. The van der Waals surface area contributed by atoms with Crippen LogP contribution in [0.2, 0.25) is 0 Å². The van der Waals surface area contributed by atoms with Crippen molar-refractivity contribution >= 4 is 11.9 Å². The van der Waals surface area contributed by atoms with Gasteiger partial charge in [-0.3, -0.25) is 4.79 Å². The Balaban J connectivity index is 1.08. The van der Waals surface area contributed by atoms with Gasteiger partial charge in [-0.25, -0.2) is 4.79 Å². The monoisotopic (exact) mass is 941 g/mol. The predicted molar refractivity (Wildman–Crippen MR) is 230 cm³/mol. The normalized spacial score (nSPS) is 53.3. The van der Waals surface area contributed by atoms with Gasteiger partial charge < -0.3 is 79.5 Å². The minimum Gasteiger partial charge on any atom is -0.481 e. The Morgan fingerprint density at radius 1 is 0.667 bits per heavy atom. The summed E-state index contributed by atoms with van der Waals surface area (Å²) in [5, 5.41) is 107. The van der Waals surface area contributed by atoms with Crippen LogP contribution < -0.4 is 0 Å². The number of aliphatic hydroxyl groups excluding tert-OH is 8. The van der Waals surface area contributed by atoms with Crippen LogP contribution in [0.25, 0.3) is 0 Å². The highest BCUT2D eigenvalue weighted by atomic mass is 16.8.